The molecule has 174 valence electrons. The fourth-order valence-corrected chi connectivity index (χ4v) is 3.77. The maximum atomic E-state index is 14.1. The van der Waals surface area contributed by atoms with E-state index >= 15 is 0 Å². The van der Waals surface area contributed by atoms with Crippen LogP contribution in [0.3, 0.4) is 0 Å². The van der Waals surface area contributed by atoms with Crippen molar-refractivity contribution in [2.75, 3.05) is 44.4 Å². The maximum absolute atomic E-state index is 14.1. The molecule has 4 rings (SSSR count). The van der Waals surface area contributed by atoms with Gasteiger partial charge in [0, 0.05) is 18.7 Å². The van der Waals surface area contributed by atoms with E-state index in [9.17, 15) is 13.6 Å². The van der Waals surface area contributed by atoms with Crippen molar-refractivity contribution >= 4 is 17.8 Å². The molecule has 11 heteroatoms. The van der Waals surface area contributed by atoms with Gasteiger partial charge in [-0.2, -0.15) is 9.67 Å². The molecule has 33 heavy (non-hydrogen) atoms. The number of ether oxygens (including phenoxy) is 2. The summed E-state index contributed by atoms with van der Waals surface area (Å²) in [5.74, 6) is 0.119. The number of nitrogens with two attached hydrogens (primary N) is 1. The summed E-state index contributed by atoms with van der Waals surface area (Å²) in [4.78, 5) is 17.9. The first-order chi connectivity index (χ1) is 16.0. The highest BCUT2D eigenvalue weighted by molar-refractivity contribution is 5.65. The third kappa shape index (κ3) is 5.05. The number of hydrogen-bond acceptors (Lipinski definition) is 8. The van der Waals surface area contributed by atoms with Gasteiger partial charge in [0.15, 0.2) is 17.4 Å². The normalized spacial score (nSPS) is 18.2. The number of carbonyl (C=O) groups excluding carboxylic acids is 1. The highest BCUT2D eigenvalue weighted by Crippen LogP contribution is 2.26. The number of nitrogen functional groups attached to an aromatic ring is 1. The van der Waals surface area contributed by atoms with Gasteiger partial charge in [0.05, 0.1) is 24.4 Å². The third-order valence-corrected chi connectivity index (χ3v) is 5.43. The fraction of sp³-hybridized carbons (Fsp3) is 0.364. The Balaban J connectivity index is 1.43. The molecule has 9 nitrogen and oxygen atoms in total. The fourth-order valence-electron chi connectivity index (χ4n) is 3.77. The molecule has 1 aliphatic carbocycles. The Labute approximate surface area is 189 Å². The molecule has 1 fully saturated rings. The zero-order valence-electron chi connectivity index (χ0n) is 18.1. The molecule has 0 saturated carbocycles. The first-order valence-corrected chi connectivity index (χ1v) is 10.5. The summed E-state index contributed by atoms with van der Waals surface area (Å²) >= 11 is 0. The van der Waals surface area contributed by atoms with Crippen molar-refractivity contribution in [3.63, 3.8) is 0 Å². The highest BCUT2D eigenvalue weighted by Gasteiger charge is 2.21. The monoisotopic (exact) mass is 458 g/mol. The molecular weight excluding hydrogens is 434 g/mol. The molecule has 2 aromatic rings. The third-order valence-electron chi connectivity index (χ3n) is 5.43. The van der Waals surface area contributed by atoms with Crippen LogP contribution in [0.15, 0.2) is 41.7 Å². The van der Waals surface area contributed by atoms with Crippen LogP contribution < -0.4 is 15.8 Å². The number of halogens is 2. The lowest BCUT2D eigenvalue weighted by Gasteiger charge is -2.19. The van der Waals surface area contributed by atoms with E-state index in [1.54, 1.807) is 18.2 Å². The zero-order chi connectivity index (χ0) is 23.4. The summed E-state index contributed by atoms with van der Waals surface area (Å²) in [6.45, 7) is 3.53. The van der Waals surface area contributed by atoms with Crippen molar-refractivity contribution in [3.05, 3.63) is 53.3 Å². The summed E-state index contributed by atoms with van der Waals surface area (Å²) < 4.78 is 39.6. The summed E-state index contributed by atoms with van der Waals surface area (Å²) in [5, 5.41) is 7.11. The molecular formula is C22H24F2N6O3. The van der Waals surface area contributed by atoms with Gasteiger partial charge >= 0.3 is 0 Å². The quantitative estimate of drug-likeness (QED) is 0.580. The molecule has 3 N–H and O–H groups in total. The maximum Gasteiger partial charge on any atom is 0.245 e. The van der Waals surface area contributed by atoms with Crippen molar-refractivity contribution < 1.29 is 23.0 Å². The van der Waals surface area contributed by atoms with Crippen LogP contribution in [-0.4, -0.2) is 65.0 Å². The molecule has 1 atom stereocenters. The number of anilines is 2. The van der Waals surface area contributed by atoms with Gasteiger partial charge in [-0.1, -0.05) is 6.08 Å². The van der Waals surface area contributed by atoms with E-state index in [1.807, 2.05) is 5.94 Å². The van der Waals surface area contributed by atoms with E-state index in [-0.39, 0.29) is 17.6 Å². The van der Waals surface area contributed by atoms with Crippen LogP contribution in [0.1, 0.15) is 12.8 Å². The van der Waals surface area contributed by atoms with Gasteiger partial charge in [-0.25, -0.2) is 13.6 Å². The molecule has 1 aliphatic heterocycles. The molecule has 1 saturated heterocycles. The lowest BCUT2D eigenvalue weighted by atomic mass is 10.0. The van der Waals surface area contributed by atoms with Crippen LogP contribution in [0.4, 0.5) is 20.7 Å². The average molecular weight is 458 g/mol. The van der Waals surface area contributed by atoms with Crippen molar-refractivity contribution in [1.29, 1.82) is 0 Å². The molecule has 2 aliphatic rings. The Hall–Kier alpha value is -3.69. The Morgan fingerprint density at radius 3 is 2.67 bits per heavy atom. The van der Waals surface area contributed by atoms with E-state index in [0.29, 0.717) is 17.9 Å². The van der Waals surface area contributed by atoms with E-state index in [1.165, 1.54) is 20.0 Å². The van der Waals surface area contributed by atoms with Crippen molar-refractivity contribution in [2.24, 2.45) is 0 Å². The summed E-state index contributed by atoms with van der Waals surface area (Å²) in [6, 6.07) is 1.48. The molecule has 2 heterocycles. The predicted octanol–water partition coefficient (Wildman–Crippen LogP) is 2.24. The van der Waals surface area contributed by atoms with Gasteiger partial charge in [-0.3, -0.25) is 4.90 Å². The second-order valence-corrected chi connectivity index (χ2v) is 7.63. The summed E-state index contributed by atoms with van der Waals surface area (Å²) in [7, 11) is 1.17. The highest BCUT2D eigenvalue weighted by atomic mass is 19.1. The number of benzene rings is 1. The first-order valence-electron chi connectivity index (χ1n) is 10.5. The van der Waals surface area contributed by atoms with Gasteiger partial charge in [0.1, 0.15) is 18.3 Å². The van der Waals surface area contributed by atoms with Gasteiger partial charge in [0.2, 0.25) is 11.9 Å². The van der Waals surface area contributed by atoms with Crippen molar-refractivity contribution in [3.8, 4) is 11.4 Å². The summed E-state index contributed by atoms with van der Waals surface area (Å²) in [6.07, 6.45) is 7.49. The number of aromatic nitrogens is 3. The number of likely N-dealkylation sites (tertiary alicyclic amines) is 1. The molecule has 0 amide bonds. The van der Waals surface area contributed by atoms with E-state index < -0.39 is 23.4 Å². The first kappa shape index (κ1) is 22.5. The SMILES string of the molecule is COc1c(F)cc(-n2nc(NC3C=CC(OCCN4CCCC4)=CC3=C=O)nc2N)cc1F. The van der Waals surface area contributed by atoms with Crippen LogP contribution in [-0.2, 0) is 9.53 Å². The number of nitrogens with zero attached hydrogens (tertiary/aromatic N) is 4. The van der Waals surface area contributed by atoms with Crippen LogP contribution >= 0.6 is 0 Å². The Bertz CT molecular complexity index is 1110. The second kappa shape index (κ2) is 9.85. The molecule has 1 aromatic carbocycles. The van der Waals surface area contributed by atoms with Crippen LogP contribution in [0.25, 0.3) is 5.69 Å². The molecule has 0 bridgehead atoms. The second-order valence-electron chi connectivity index (χ2n) is 7.63. The minimum absolute atomic E-state index is 0.0303. The van der Waals surface area contributed by atoms with Gasteiger partial charge in [0.25, 0.3) is 0 Å². The van der Waals surface area contributed by atoms with Crippen LogP contribution in [0.5, 0.6) is 5.75 Å². The lowest BCUT2D eigenvalue weighted by Crippen LogP contribution is -2.25. The minimum Gasteiger partial charge on any atom is -0.492 e. The smallest absolute Gasteiger partial charge is 0.245 e. The van der Waals surface area contributed by atoms with Crippen LogP contribution in [0, 0.1) is 11.6 Å². The van der Waals surface area contributed by atoms with E-state index in [0.717, 1.165) is 36.4 Å². The molecule has 0 radical (unpaired) electrons. The number of methoxy groups -OCH3 is 1. The minimum atomic E-state index is -0.902. The number of nitrogens with one attached hydrogen (secondary N) is 1. The van der Waals surface area contributed by atoms with Crippen molar-refractivity contribution in [2.45, 2.75) is 18.9 Å². The van der Waals surface area contributed by atoms with Gasteiger partial charge < -0.3 is 20.5 Å². The standard InChI is InChI=1S/C22H24F2N6O3/c1-32-20-17(23)11-15(12-18(20)24)30-21(25)27-22(28-30)26-19-5-4-16(10-14(19)13-31)33-9-8-29-6-2-3-7-29/h4-5,10-12,19H,2-3,6-9H2,1H3,(H3,25,26,27,28). The van der Waals surface area contributed by atoms with E-state index in [2.05, 4.69) is 25.0 Å². The summed E-state index contributed by atoms with van der Waals surface area (Å²) in [5.41, 5.74) is 6.21. The average Bonchev–Trinajstić information content (AvgIpc) is 3.44. The lowest BCUT2D eigenvalue weighted by molar-refractivity contribution is 0.179. The number of hydrogen-bond donors (Lipinski definition) is 2. The Morgan fingerprint density at radius 2 is 2.00 bits per heavy atom. The molecule has 1 unspecified atom stereocenters. The zero-order valence-corrected chi connectivity index (χ0v) is 18.1. The predicted molar refractivity (Wildman–Crippen MR) is 118 cm³/mol. The van der Waals surface area contributed by atoms with Gasteiger partial charge in [-0.05, 0) is 38.1 Å². The van der Waals surface area contributed by atoms with Gasteiger partial charge in [-0.15, -0.1) is 5.10 Å². The molecule has 1 aromatic heterocycles. The number of allylic oxidation sites excluding steroid dienone is 1. The van der Waals surface area contributed by atoms with E-state index in [4.69, 9.17) is 10.5 Å². The Kier molecular flexibility index (Phi) is 6.71. The van der Waals surface area contributed by atoms with Crippen LogP contribution in [0.2, 0.25) is 0 Å². The Morgan fingerprint density at radius 1 is 1.27 bits per heavy atom. The number of rotatable bonds is 8. The van der Waals surface area contributed by atoms with Crippen molar-refractivity contribution in [1.82, 2.24) is 19.7 Å². The largest absolute Gasteiger partial charge is 0.492 e. The topological polar surface area (TPSA) is 108 Å². The molecule has 0 spiro atoms.